The highest BCUT2D eigenvalue weighted by molar-refractivity contribution is 7.98. The maximum Gasteiger partial charge on any atom is 0.0635 e. The molecule has 2 N–H and O–H groups in total. The first-order chi connectivity index (χ1) is 9.06. The molecule has 0 fully saturated rings. The van der Waals surface area contributed by atoms with Crippen molar-refractivity contribution in [3.8, 4) is 0 Å². The number of thioether (sulfide) groups is 1. The molecule has 0 bridgehead atoms. The molecule has 0 heterocycles. The van der Waals surface area contributed by atoms with E-state index >= 15 is 0 Å². The molecule has 2 aromatic rings. The summed E-state index contributed by atoms with van der Waals surface area (Å²) in [5.41, 5.74) is 9.02. The molecule has 0 spiro atoms. The molecule has 0 amide bonds. The van der Waals surface area contributed by atoms with Crippen molar-refractivity contribution >= 4 is 29.1 Å². The van der Waals surface area contributed by atoms with E-state index in [1.165, 1.54) is 16.0 Å². The molecule has 3 heteroatoms. The molecule has 2 rings (SSSR count). The molecule has 19 heavy (non-hydrogen) atoms. The predicted molar refractivity (Wildman–Crippen MR) is 86.0 cm³/mol. The molecular formula is C16H18ClNS. The third-order valence-corrected chi connectivity index (χ3v) is 4.44. The number of nitrogens with two attached hydrogens (primary N) is 1. The monoisotopic (exact) mass is 291 g/mol. The van der Waals surface area contributed by atoms with Gasteiger partial charge in [0.1, 0.15) is 0 Å². The lowest BCUT2D eigenvalue weighted by Gasteiger charge is -2.07. The highest BCUT2D eigenvalue weighted by Crippen LogP contribution is 2.27. The van der Waals surface area contributed by atoms with Crippen molar-refractivity contribution in [1.29, 1.82) is 0 Å². The molecule has 0 unspecified atom stereocenters. The van der Waals surface area contributed by atoms with E-state index in [9.17, 15) is 0 Å². The average Bonchev–Trinajstić information content (AvgIpc) is 2.40. The van der Waals surface area contributed by atoms with Crippen LogP contribution in [0.4, 0.5) is 5.69 Å². The van der Waals surface area contributed by atoms with E-state index in [1.807, 2.05) is 30.0 Å². The number of hydrogen-bond acceptors (Lipinski definition) is 2. The van der Waals surface area contributed by atoms with E-state index in [1.54, 1.807) is 0 Å². The number of nitrogen functional groups attached to an aromatic ring is 1. The van der Waals surface area contributed by atoms with Crippen molar-refractivity contribution in [1.82, 2.24) is 0 Å². The van der Waals surface area contributed by atoms with Gasteiger partial charge in [-0.15, -0.1) is 11.8 Å². The molecule has 0 radical (unpaired) electrons. The Morgan fingerprint density at radius 2 is 1.79 bits per heavy atom. The lowest BCUT2D eigenvalue weighted by molar-refractivity contribution is 0.865. The minimum atomic E-state index is 0.579. The van der Waals surface area contributed by atoms with E-state index < -0.39 is 0 Å². The lowest BCUT2D eigenvalue weighted by Crippen LogP contribution is -1.89. The number of anilines is 1. The third kappa shape index (κ3) is 3.92. The van der Waals surface area contributed by atoms with Crippen LogP contribution in [0, 0.1) is 0 Å². The topological polar surface area (TPSA) is 26.0 Å². The highest BCUT2D eigenvalue weighted by Gasteiger charge is 2.02. The summed E-state index contributed by atoms with van der Waals surface area (Å²) in [4.78, 5) is 1.28. The molecular weight excluding hydrogens is 274 g/mol. The quantitative estimate of drug-likeness (QED) is 0.608. The van der Waals surface area contributed by atoms with Crippen LogP contribution in [0.3, 0.4) is 0 Å². The second-order valence-corrected chi connectivity index (χ2v) is 6.32. The minimum absolute atomic E-state index is 0.579. The van der Waals surface area contributed by atoms with Crippen molar-refractivity contribution in [3.63, 3.8) is 0 Å². The Kier molecular flexibility index (Phi) is 4.78. The largest absolute Gasteiger partial charge is 0.398 e. The fourth-order valence-electron chi connectivity index (χ4n) is 1.80. The predicted octanol–water partition coefficient (Wildman–Crippen LogP) is 5.34. The Bertz CT molecular complexity index is 549. The molecule has 2 aromatic carbocycles. The van der Waals surface area contributed by atoms with E-state index in [0.29, 0.717) is 16.6 Å². The summed E-state index contributed by atoms with van der Waals surface area (Å²) in [6, 6.07) is 14.6. The second-order valence-electron chi connectivity index (χ2n) is 4.87. The molecule has 0 aliphatic carbocycles. The second kappa shape index (κ2) is 6.36. The highest BCUT2D eigenvalue weighted by atomic mass is 35.5. The van der Waals surface area contributed by atoms with Crippen molar-refractivity contribution in [2.24, 2.45) is 0 Å². The van der Waals surface area contributed by atoms with Crippen molar-refractivity contribution in [2.75, 3.05) is 5.73 Å². The summed E-state index contributed by atoms with van der Waals surface area (Å²) in [6.07, 6.45) is 0. The third-order valence-electron chi connectivity index (χ3n) is 3.01. The van der Waals surface area contributed by atoms with E-state index in [-0.39, 0.29) is 0 Å². The molecule has 100 valence electrons. The van der Waals surface area contributed by atoms with Gasteiger partial charge in [0.05, 0.1) is 10.7 Å². The summed E-state index contributed by atoms with van der Waals surface area (Å²) in [5.74, 6) is 1.48. The summed E-state index contributed by atoms with van der Waals surface area (Å²) in [6.45, 7) is 4.41. The van der Waals surface area contributed by atoms with Crippen molar-refractivity contribution in [2.45, 2.75) is 30.4 Å². The van der Waals surface area contributed by atoms with Gasteiger partial charge in [-0.3, -0.25) is 0 Å². The van der Waals surface area contributed by atoms with Crippen LogP contribution in [0.2, 0.25) is 5.02 Å². The van der Waals surface area contributed by atoms with Crippen LogP contribution in [-0.2, 0) is 5.75 Å². The standard InChI is InChI=1S/C16H18ClNS/c1-11(2)13-4-6-14(7-5-13)19-10-12-3-8-15(17)16(18)9-12/h3-9,11H,10,18H2,1-2H3. The van der Waals surface area contributed by atoms with E-state index in [4.69, 9.17) is 17.3 Å². The number of hydrogen-bond donors (Lipinski definition) is 1. The normalized spacial score (nSPS) is 10.9. The minimum Gasteiger partial charge on any atom is -0.398 e. The van der Waals surface area contributed by atoms with Gasteiger partial charge in [0.2, 0.25) is 0 Å². The van der Waals surface area contributed by atoms with Crippen LogP contribution in [0.1, 0.15) is 30.9 Å². The number of rotatable bonds is 4. The van der Waals surface area contributed by atoms with E-state index in [0.717, 1.165) is 5.75 Å². The Labute approximate surface area is 124 Å². The van der Waals surface area contributed by atoms with Gasteiger partial charge in [-0.2, -0.15) is 0 Å². The molecule has 0 atom stereocenters. The molecule has 0 aliphatic rings. The fraction of sp³-hybridized carbons (Fsp3) is 0.250. The van der Waals surface area contributed by atoms with Gasteiger partial charge >= 0.3 is 0 Å². The lowest BCUT2D eigenvalue weighted by atomic mass is 10.0. The molecule has 0 saturated heterocycles. The smallest absolute Gasteiger partial charge is 0.0635 e. The number of halogens is 1. The van der Waals surface area contributed by atoms with Crippen molar-refractivity contribution < 1.29 is 0 Å². The van der Waals surface area contributed by atoms with Gasteiger partial charge in [0.15, 0.2) is 0 Å². The summed E-state index contributed by atoms with van der Waals surface area (Å²) >= 11 is 7.72. The maximum atomic E-state index is 5.91. The van der Waals surface area contributed by atoms with Gasteiger partial charge in [0, 0.05) is 10.6 Å². The van der Waals surface area contributed by atoms with Crippen LogP contribution in [0.5, 0.6) is 0 Å². The summed E-state index contributed by atoms with van der Waals surface area (Å²) in [5, 5.41) is 0.620. The number of benzene rings is 2. The first-order valence-corrected chi connectivity index (χ1v) is 7.69. The summed E-state index contributed by atoms with van der Waals surface area (Å²) < 4.78 is 0. The van der Waals surface area contributed by atoms with E-state index in [2.05, 4.69) is 38.1 Å². The zero-order valence-electron chi connectivity index (χ0n) is 11.2. The Hall–Kier alpha value is -1.12. The SMILES string of the molecule is CC(C)c1ccc(SCc2ccc(Cl)c(N)c2)cc1. The van der Waals surface area contributed by atoms with Crippen LogP contribution in [-0.4, -0.2) is 0 Å². The van der Waals surface area contributed by atoms with Crippen LogP contribution < -0.4 is 5.73 Å². The molecule has 1 nitrogen and oxygen atoms in total. The van der Waals surface area contributed by atoms with Gasteiger partial charge < -0.3 is 5.73 Å². The van der Waals surface area contributed by atoms with Gasteiger partial charge in [-0.25, -0.2) is 0 Å². The van der Waals surface area contributed by atoms with Crippen LogP contribution in [0.15, 0.2) is 47.4 Å². The first kappa shape index (κ1) is 14.3. The Morgan fingerprint density at radius 1 is 1.11 bits per heavy atom. The zero-order valence-corrected chi connectivity index (χ0v) is 12.8. The molecule has 0 saturated carbocycles. The molecule has 0 aromatic heterocycles. The first-order valence-electron chi connectivity index (χ1n) is 6.33. The molecule has 0 aliphatic heterocycles. The van der Waals surface area contributed by atoms with Crippen LogP contribution in [0.25, 0.3) is 0 Å². The maximum absolute atomic E-state index is 5.91. The van der Waals surface area contributed by atoms with Gasteiger partial charge in [-0.05, 0) is 41.3 Å². The summed E-state index contributed by atoms with van der Waals surface area (Å²) in [7, 11) is 0. The zero-order chi connectivity index (χ0) is 13.8. The Morgan fingerprint density at radius 3 is 2.37 bits per heavy atom. The van der Waals surface area contributed by atoms with Gasteiger partial charge in [0.25, 0.3) is 0 Å². The Balaban J connectivity index is 2.00. The van der Waals surface area contributed by atoms with Gasteiger partial charge in [-0.1, -0.05) is 43.6 Å². The average molecular weight is 292 g/mol. The van der Waals surface area contributed by atoms with Crippen LogP contribution >= 0.6 is 23.4 Å². The fourth-order valence-corrected chi connectivity index (χ4v) is 2.76. The van der Waals surface area contributed by atoms with Crippen molar-refractivity contribution in [3.05, 3.63) is 58.6 Å².